The Morgan fingerprint density at radius 3 is 2.82 bits per heavy atom. The van der Waals surface area contributed by atoms with E-state index in [0.717, 1.165) is 29.6 Å². The average molecular weight is 297 g/mol. The molecule has 0 radical (unpaired) electrons. The van der Waals surface area contributed by atoms with Crippen LogP contribution in [-0.4, -0.2) is 46.9 Å². The summed E-state index contributed by atoms with van der Waals surface area (Å²) in [5.41, 5.74) is 2.06. The highest BCUT2D eigenvalue weighted by atomic mass is 16.2. The van der Waals surface area contributed by atoms with E-state index in [2.05, 4.69) is 22.0 Å². The summed E-state index contributed by atoms with van der Waals surface area (Å²) >= 11 is 0. The van der Waals surface area contributed by atoms with E-state index in [1.165, 1.54) is 12.8 Å². The summed E-state index contributed by atoms with van der Waals surface area (Å²) in [5.74, 6) is 0.190. The fourth-order valence-corrected chi connectivity index (χ4v) is 3.16. The van der Waals surface area contributed by atoms with E-state index in [0.29, 0.717) is 6.54 Å². The number of nitrogens with zero attached hydrogens (tertiary/aromatic N) is 3. The van der Waals surface area contributed by atoms with Gasteiger partial charge in [-0.2, -0.15) is 0 Å². The van der Waals surface area contributed by atoms with Gasteiger partial charge in [0.25, 0.3) is 0 Å². The van der Waals surface area contributed by atoms with Crippen LogP contribution in [0.5, 0.6) is 0 Å². The number of hydrogen-bond acceptors (Lipinski definition) is 3. The number of carbonyl (C=O) groups excluding carboxylic acids is 1. The number of likely N-dealkylation sites (tertiary alicyclic amines) is 1. The van der Waals surface area contributed by atoms with E-state index in [-0.39, 0.29) is 11.9 Å². The fraction of sp³-hybridized carbons (Fsp3) is 0.444. The first kappa shape index (κ1) is 15.0. The Bertz CT molecular complexity index is 664. The maximum atomic E-state index is 12.6. The third-order valence-corrected chi connectivity index (χ3v) is 4.49. The molecule has 1 aliphatic rings. The zero-order valence-corrected chi connectivity index (χ0v) is 13.3. The van der Waals surface area contributed by atoms with E-state index in [1.54, 1.807) is 0 Å². The van der Waals surface area contributed by atoms with Crippen LogP contribution < -0.4 is 0 Å². The molecule has 0 spiro atoms. The Morgan fingerprint density at radius 1 is 1.32 bits per heavy atom. The Balaban J connectivity index is 1.69. The van der Waals surface area contributed by atoms with Gasteiger partial charge in [0.1, 0.15) is 0 Å². The van der Waals surface area contributed by atoms with Crippen molar-refractivity contribution in [3.8, 4) is 0 Å². The van der Waals surface area contributed by atoms with Crippen molar-refractivity contribution >= 4 is 16.8 Å². The molecule has 4 heteroatoms. The van der Waals surface area contributed by atoms with Gasteiger partial charge in [-0.1, -0.05) is 18.2 Å². The molecule has 4 nitrogen and oxygen atoms in total. The molecule has 1 atom stereocenters. The Kier molecular flexibility index (Phi) is 4.39. The SMILES string of the molecule is C[C@H](C(=O)N(C)Cc1cnc2ccccc2c1)N1CCCC1. The molecule has 1 aromatic heterocycles. The van der Waals surface area contributed by atoms with E-state index >= 15 is 0 Å². The van der Waals surface area contributed by atoms with Crippen LogP contribution in [0.2, 0.25) is 0 Å². The second-order valence-corrected chi connectivity index (χ2v) is 6.15. The lowest BCUT2D eigenvalue weighted by Crippen LogP contribution is -2.44. The molecule has 0 bridgehead atoms. The molecule has 0 unspecified atom stereocenters. The summed E-state index contributed by atoms with van der Waals surface area (Å²) in [4.78, 5) is 21.1. The zero-order chi connectivity index (χ0) is 15.5. The van der Waals surface area contributed by atoms with Crippen molar-refractivity contribution in [2.24, 2.45) is 0 Å². The number of amides is 1. The molecule has 0 aliphatic carbocycles. The average Bonchev–Trinajstić information content (AvgIpc) is 3.07. The summed E-state index contributed by atoms with van der Waals surface area (Å²) in [7, 11) is 1.88. The number of rotatable bonds is 4. The highest BCUT2D eigenvalue weighted by molar-refractivity contribution is 5.82. The van der Waals surface area contributed by atoms with Gasteiger partial charge in [0, 0.05) is 25.2 Å². The molecule has 1 amide bonds. The van der Waals surface area contributed by atoms with Crippen LogP contribution in [-0.2, 0) is 11.3 Å². The Labute approximate surface area is 131 Å². The molecule has 116 valence electrons. The lowest BCUT2D eigenvalue weighted by atomic mass is 10.1. The van der Waals surface area contributed by atoms with E-state index in [9.17, 15) is 4.79 Å². The molecule has 3 rings (SSSR count). The standard InChI is InChI=1S/C18H23N3O/c1-14(21-9-5-6-10-21)18(22)20(2)13-15-11-16-7-3-4-8-17(16)19-12-15/h3-4,7-8,11-12,14H,5-6,9-10,13H2,1-2H3/t14-/m1/s1. The van der Waals surface area contributed by atoms with E-state index < -0.39 is 0 Å². The highest BCUT2D eigenvalue weighted by Gasteiger charge is 2.26. The van der Waals surface area contributed by atoms with Crippen molar-refractivity contribution in [2.45, 2.75) is 32.4 Å². The molecule has 2 heterocycles. The minimum Gasteiger partial charge on any atom is -0.340 e. The number of benzene rings is 1. The second-order valence-electron chi connectivity index (χ2n) is 6.15. The van der Waals surface area contributed by atoms with Gasteiger partial charge in [-0.3, -0.25) is 14.7 Å². The Morgan fingerprint density at radius 2 is 2.05 bits per heavy atom. The normalized spacial score (nSPS) is 16.8. The van der Waals surface area contributed by atoms with Crippen LogP contribution >= 0.6 is 0 Å². The molecular formula is C18H23N3O. The van der Waals surface area contributed by atoms with Gasteiger partial charge in [-0.15, -0.1) is 0 Å². The zero-order valence-electron chi connectivity index (χ0n) is 13.3. The molecule has 1 aliphatic heterocycles. The number of para-hydroxylation sites is 1. The van der Waals surface area contributed by atoms with Crippen LogP contribution in [0.15, 0.2) is 36.5 Å². The summed E-state index contributed by atoms with van der Waals surface area (Å²) in [6, 6.07) is 10.2. The van der Waals surface area contributed by atoms with Crippen LogP contribution in [0.1, 0.15) is 25.3 Å². The number of carbonyl (C=O) groups is 1. The molecule has 1 saturated heterocycles. The molecule has 0 saturated carbocycles. The van der Waals surface area contributed by atoms with Gasteiger partial charge in [0.05, 0.1) is 11.6 Å². The van der Waals surface area contributed by atoms with Crippen molar-refractivity contribution < 1.29 is 4.79 Å². The largest absolute Gasteiger partial charge is 0.340 e. The first-order valence-electron chi connectivity index (χ1n) is 7.98. The number of pyridine rings is 1. The monoisotopic (exact) mass is 297 g/mol. The van der Waals surface area contributed by atoms with Crippen LogP contribution in [0.4, 0.5) is 0 Å². The lowest BCUT2D eigenvalue weighted by molar-refractivity contribution is -0.135. The van der Waals surface area contributed by atoms with Crippen molar-refractivity contribution in [3.05, 3.63) is 42.1 Å². The summed E-state index contributed by atoms with van der Waals surface area (Å²) < 4.78 is 0. The first-order valence-corrected chi connectivity index (χ1v) is 7.98. The third kappa shape index (κ3) is 3.12. The molecule has 22 heavy (non-hydrogen) atoms. The predicted molar refractivity (Wildman–Crippen MR) is 88.5 cm³/mol. The fourth-order valence-electron chi connectivity index (χ4n) is 3.16. The minimum absolute atomic E-state index is 0.0269. The molecule has 1 aromatic carbocycles. The molecule has 2 aromatic rings. The molecular weight excluding hydrogens is 274 g/mol. The van der Waals surface area contributed by atoms with Gasteiger partial charge >= 0.3 is 0 Å². The van der Waals surface area contributed by atoms with E-state index in [4.69, 9.17) is 0 Å². The van der Waals surface area contributed by atoms with Crippen LogP contribution in [0.3, 0.4) is 0 Å². The number of aromatic nitrogens is 1. The third-order valence-electron chi connectivity index (χ3n) is 4.49. The van der Waals surface area contributed by atoms with Gasteiger partial charge in [0.15, 0.2) is 0 Å². The van der Waals surface area contributed by atoms with Crippen molar-refractivity contribution in [1.82, 2.24) is 14.8 Å². The predicted octanol–water partition coefficient (Wildman–Crippen LogP) is 2.68. The molecule has 1 fully saturated rings. The van der Waals surface area contributed by atoms with Crippen LogP contribution in [0, 0.1) is 0 Å². The number of likely N-dealkylation sites (N-methyl/N-ethyl adjacent to an activating group) is 1. The smallest absolute Gasteiger partial charge is 0.239 e. The topological polar surface area (TPSA) is 36.4 Å². The summed E-state index contributed by atoms with van der Waals surface area (Å²) in [5, 5.41) is 1.12. The van der Waals surface area contributed by atoms with Gasteiger partial charge in [-0.05, 0) is 50.6 Å². The minimum atomic E-state index is -0.0269. The first-order chi connectivity index (χ1) is 10.6. The second kappa shape index (κ2) is 6.44. The number of fused-ring (bicyclic) bond motifs is 1. The lowest BCUT2D eigenvalue weighted by Gasteiger charge is -2.27. The quantitative estimate of drug-likeness (QED) is 0.870. The number of hydrogen-bond donors (Lipinski definition) is 0. The van der Waals surface area contributed by atoms with Gasteiger partial charge < -0.3 is 4.90 Å². The van der Waals surface area contributed by atoms with Gasteiger partial charge in [-0.25, -0.2) is 0 Å². The summed E-state index contributed by atoms with van der Waals surface area (Å²) in [6.07, 6.45) is 4.28. The van der Waals surface area contributed by atoms with Crippen molar-refractivity contribution in [2.75, 3.05) is 20.1 Å². The maximum Gasteiger partial charge on any atom is 0.239 e. The van der Waals surface area contributed by atoms with Crippen molar-refractivity contribution in [3.63, 3.8) is 0 Å². The molecule has 0 N–H and O–H groups in total. The van der Waals surface area contributed by atoms with Crippen molar-refractivity contribution in [1.29, 1.82) is 0 Å². The van der Waals surface area contributed by atoms with Crippen LogP contribution in [0.25, 0.3) is 10.9 Å². The Hall–Kier alpha value is -1.94. The van der Waals surface area contributed by atoms with Gasteiger partial charge in [0.2, 0.25) is 5.91 Å². The highest BCUT2D eigenvalue weighted by Crippen LogP contribution is 2.16. The summed E-state index contributed by atoms with van der Waals surface area (Å²) in [6.45, 7) is 4.70. The van der Waals surface area contributed by atoms with E-state index in [1.807, 2.05) is 43.3 Å². The maximum absolute atomic E-state index is 12.6.